The van der Waals surface area contributed by atoms with Crippen LogP contribution in [-0.4, -0.2) is 16.7 Å². The molecule has 0 spiro atoms. The van der Waals surface area contributed by atoms with Crippen LogP contribution in [0.4, 0.5) is 0 Å². The Morgan fingerprint density at radius 2 is 1.65 bits per heavy atom. The first-order valence-electron chi connectivity index (χ1n) is 8.70. The maximum atomic E-state index is 12.6. The minimum Gasteiger partial charge on any atom is -0.504 e. The maximum absolute atomic E-state index is 12.6. The zero-order valence-corrected chi connectivity index (χ0v) is 13.7. The predicted molar refractivity (Wildman–Crippen MR) is 89.7 cm³/mol. The molecule has 0 aromatic heterocycles. The number of ketones is 2. The van der Waals surface area contributed by atoms with E-state index in [0.29, 0.717) is 35.0 Å². The van der Waals surface area contributed by atoms with E-state index in [1.165, 1.54) is 32.1 Å². The largest absolute Gasteiger partial charge is 0.504 e. The topological polar surface area (TPSA) is 54.4 Å². The number of carbonyl (C=O) groups is 2. The van der Waals surface area contributed by atoms with Gasteiger partial charge in [0.2, 0.25) is 5.78 Å². The van der Waals surface area contributed by atoms with E-state index in [9.17, 15) is 14.7 Å². The number of hydrogen-bond acceptors (Lipinski definition) is 3. The van der Waals surface area contributed by atoms with Crippen molar-refractivity contribution in [1.82, 2.24) is 0 Å². The zero-order chi connectivity index (χ0) is 16.4. The SMILES string of the molecule is CC(CCC1=C(O)C(=O)c2ccccc2C1=O)C1CCCCC1. The number of aliphatic hydroxyl groups is 1. The lowest BCUT2D eigenvalue weighted by atomic mass is 9.77. The number of hydrogen-bond donors (Lipinski definition) is 1. The van der Waals surface area contributed by atoms with Crippen LogP contribution in [0.1, 0.15) is 72.6 Å². The lowest BCUT2D eigenvalue weighted by Crippen LogP contribution is -2.23. The molecule has 1 fully saturated rings. The van der Waals surface area contributed by atoms with Gasteiger partial charge in [0, 0.05) is 16.7 Å². The minimum atomic E-state index is -0.416. The van der Waals surface area contributed by atoms with Crippen molar-refractivity contribution in [2.24, 2.45) is 11.8 Å². The summed E-state index contributed by atoms with van der Waals surface area (Å²) in [6.07, 6.45) is 7.80. The summed E-state index contributed by atoms with van der Waals surface area (Å²) in [5.74, 6) is 0.294. The van der Waals surface area contributed by atoms with Crippen molar-refractivity contribution in [3.8, 4) is 0 Å². The van der Waals surface area contributed by atoms with E-state index in [1.807, 2.05) is 0 Å². The van der Waals surface area contributed by atoms with Crippen LogP contribution in [0, 0.1) is 11.8 Å². The van der Waals surface area contributed by atoms with Crippen LogP contribution in [-0.2, 0) is 0 Å². The Labute approximate surface area is 137 Å². The van der Waals surface area contributed by atoms with Crippen LogP contribution in [0.3, 0.4) is 0 Å². The van der Waals surface area contributed by atoms with Crippen LogP contribution < -0.4 is 0 Å². The van der Waals surface area contributed by atoms with Gasteiger partial charge in [-0.25, -0.2) is 0 Å². The van der Waals surface area contributed by atoms with Crippen molar-refractivity contribution in [1.29, 1.82) is 0 Å². The Morgan fingerprint density at radius 3 is 2.30 bits per heavy atom. The summed E-state index contributed by atoms with van der Waals surface area (Å²) in [6, 6.07) is 6.75. The van der Waals surface area contributed by atoms with E-state index in [-0.39, 0.29) is 11.5 Å². The third-order valence-corrected chi connectivity index (χ3v) is 5.50. The van der Waals surface area contributed by atoms with E-state index in [4.69, 9.17) is 0 Å². The van der Waals surface area contributed by atoms with E-state index in [0.717, 1.165) is 6.42 Å². The predicted octanol–water partition coefficient (Wildman–Crippen LogP) is 4.87. The van der Waals surface area contributed by atoms with Crippen molar-refractivity contribution in [2.75, 3.05) is 0 Å². The number of carbonyl (C=O) groups excluding carboxylic acids is 2. The highest BCUT2D eigenvalue weighted by Gasteiger charge is 2.32. The summed E-state index contributed by atoms with van der Waals surface area (Å²) < 4.78 is 0. The quantitative estimate of drug-likeness (QED) is 0.862. The average molecular weight is 312 g/mol. The molecule has 3 heteroatoms. The van der Waals surface area contributed by atoms with Crippen molar-refractivity contribution in [3.05, 3.63) is 46.7 Å². The van der Waals surface area contributed by atoms with Gasteiger partial charge in [0.05, 0.1) is 0 Å². The molecule has 23 heavy (non-hydrogen) atoms. The number of Topliss-reactive ketones (excluding diaryl/α,β-unsaturated/α-hetero) is 2. The van der Waals surface area contributed by atoms with Crippen LogP contribution in [0.15, 0.2) is 35.6 Å². The van der Waals surface area contributed by atoms with Gasteiger partial charge in [0.25, 0.3) is 0 Å². The van der Waals surface area contributed by atoms with E-state index >= 15 is 0 Å². The molecule has 1 N–H and O–H groups in total. The third-order valence-electron chi connectivity index (χ3n) is 5.50. The molecule has 0 bridgehead atoms. The summed E-state index contributed by atoms with van der Waals surface area (Å²) in [6.45, 7) is 2.23. The van der Waals surface area contributed by atoms with Gasteiger partial charge in [-0.3, -0.25) is 9.59 Å². The molecule has 1 atom stereocenters. The minimum absolute atomic E-state index is 0.187. The summed E-state index contributed by atoms with van der Waals surface area (Å²) in [5, 5.41) is 10.2. The molecule has 1 unspecified atom stereocenters. The van der Waals surface area contributed by atoms with Gasteiger partial charge >= 0.3 is 0 Å². The van der Waals surface area contributed by atoms with Gasteiger partial charge < -0.3 is 5.11 Å². The molecule has 0 heterocycles. The number of rotatable bonds is 4. The molecule has 0 amide bonds. The molecule has 3 rings (SSSR count). The first-order valence-corrected chi connectivity index (χ1v) is 8.70. The highest BCUT2D eigenvalue weighted by Crippen LogP contribution is 2.34. The molecular formula is C20H24O3. The summed E-state index contributed by atoms with van der Waals surface area (Å²) in [5.41, 5.74) is 1.05. The second-order valence-electron chi connectivity index (χ2n) is 6.95. The number of fused-ring (bicyclic) bond motifs is 1. The normalized spacial score (nSPS) is 20.6. The van der Waals surface area contributed by atoms with Crippen molar-refractivity contribution < 1.29 is 14.7 Å². The zero-order valence-electron chi connectivity index (χ0n) is 13.7. The Balaban J connectivity index is 1.73. The van der Waals surface area contributed by atoms with Gasteiger partial charge in [-0.2, -0.15) is 0 Å². The van der Waals surface area contributed by atoms with E-state index in [2.05, 4.69) is 6.92 Å². The summed E-state index contributed by atoms with van der Waals surface area (Å²) in [7, 11) is 0. The van der Waals surface area contributed by atoms with Crippen molar-refractivity contribution in [2.45, 2.75) is 51.9 Å². The number of allylic oxidation sites excluding steroid dienone is 2. The highest BCUT2D eigenvalue weighted by atomic mass is 16.3. The highest BCUT2D eigenvalue weighted by molar-refractivity contribution is 6.25. The second-order valence-corrected chi connectivity index (χ2v) is 6.95. The van der Waals surface area contributed by atoms with Crippen molar-refractivity contribution in [3.63, 3.8) is 0 Å². The van der Waals surface area contributed by atoms with Gasteiger partial charge in [-0.15, -0.1) is 0 Å². The average Bonchev–Trinajstić information content (AvgIpc) is 2.60. The first-order chi connectivity index (χ1) is 11.1. The van der Waals surface area contributed by atoms with Crippen LogP contribution in [0.2, 0.25) is 0 Å². The second kappa shape index (κ2) is 6.69. The third kappa shape index (κ3) is 3.10. The molecule has 0 aliphatic heterocycles. The number of aliphatic hydroxyl groups excluding tert-OH is 1. The summed E-state index contributed by atoms with van der Waals surface area (Å²) >= 11 is 0. The molecular weight excluding hydrogens is 288 g/mol. The molecule has 1 aromatic carbocycles. The lowest BCUT2D eigenvalue weighted by Gasteiger charge is -2.28. The maximum Gasteiger partial charge on any atom is 0.228 e. The molecule has 0 saturated heterocycles. The number of benzene rings is 1. The summed E-state index contributed by atoms with van der Waals surface area (Å²) in [4.78, 5) is 24.9. The smallest absolute Gasteiger partial charge is 0.228 e. The van der Waals surface area contributed by atoms with Crippen LogP contribution in [0.25, 0.3) is 0 Å². The molecule has 1 saturated carbocycles. The van der Waals surface area contributed by atoms with Crippen LogP contribution >= 0.6 is 0 Å². The Bertz CT molecular complexity index is 651. The molecule has 122 valence electrons. The van der Waals surface area contributed by atoms with Crippen LogP contribution in [0.5, 0.6) is 0 Å². The Morgan fingerprint density at radius 1 is 1.04 bits per heavy atom. The first kappa shape index (κ1) is 16.0. The Kier molecular flexibility index (Phi) is 4.65. The Hall–Kier alpha value is -1.90. The molecule has 3 nitrogen and oxygen atoms in total. The standard InChI is InChI=1S/C20H24O3/c1-13(14-7-3-2-4-8-14)11-12-17-18(21)15-9-5-6-10-16(15)19(22)20(17)23/h5-6,9-10,13-14,23H,2-4,7-8,11-12H2,1H3. The van der Waals surface area contributed by atoms with Gasteiger partial charge in [0.1, 0.15) is 0 Å². The fraction of sp³-hybridized carbons (Fsp3) is 0.500. The lowest BCUT2D eigenvalue weighted by molar-refractivity contribution is 0.0924. The van der Waals surface area contributed by atoms with Gasteiger partial charge in [-0.05, 0) is 24.7 Å². The molecule has 1 aromatic rings. The fourth-order valence-electron chi connectivity index (χ4n) is 3.96. The molecule has 2 aliphatic rings. The molecule has 2 aliphatic carbocycles. The molecule has 0 radical (unpaired) electrons. The van der Waals surface area contributed by atoms with Gasteiger partial charge in [-0.1, -0.05) is 63.3 Å². The van der Waals surface area contributed by atoms with E-state index < -0.39 is 5.78 Å². The monoisotopic (exact) mass is 312 g/mol. The van der Waals surface area contributed by atoms with Crippen molar-refractivity contribution >= 4 is 11.6 Å². The fourth-order valence-corrected chi connectivity index (χ4v) is 3.96. The van der Waals surface area contributed by atoms with E-state index in [1.54, 1.807) is 24.3 Å². The van der Waals surface area contributed by atoms with Gasteiger partial charge in [0.15, 0.2) is 11.5 Å².